The van der Waals surface area contributed by atoms with E-state index in [0.717, 1.165) is 0 Å². The van der Waals surface area contributed by atoms with Crippen molar-refractivity contribution in [3.8, 4) is 11.8 Å². The Labute approximate surface area is 164 Å². The van der Waals surface area contributed by atoms with Crippen LogP contribution in [0.15, 0.2) is 91.0 Å². The highest BCUT2D eigenvalue weighted by Gasteiger charge is 2.29. The van der Waals surface area contributed by atoms with Crippen molar-refractivity contribution in [3.63, 3.8) is 0 Å². The normalized spacial score (nSPS) is 13.5. The largest absolute Gasteiger partial charge is 0.443 e. The molecule has 3 atom stereocenters. The average molecular weight is 372 g/mol. The van der Waals surface area contributed by atoms with Gasteiger partial charge in [0.25, 0.3) is 0 Å². The fourth-order valence-corrected chi connectivity index (χ4v) is 2.63. The zero-order valence-corrected chi connectivity index (χ0v) is 15.1. The van der Waals surface area contributed by atoms with E-state index in [0.29, 0.717) is 16.7 Å². The molecule has 0 aliphatic carbocycles. The minimum absolute atomic E-state index is 0.343. The number of benzene rings is 3. The van der Waals surface area contributed by atoms with Gasteiger partial charge in [-0.1, -0.05) is 78.6 Å². The van der Waals surface area contributed by atoms with Crippen molar-refractivity contribution in [2.24, 2.45) is 0 Å². The molecule has 3 rings (SSSR count). The Hall–Kier alpha value is -3.39. The van der Waals surface area contributed by atoms with E-state index < -0.39 is 24.3 Å². The van der Waals surface area contributed by atoms with Gasteiger partial charge in [0.1, 0.15) is 12.2 Å². The molecule has 0 saturated carbocycles. The lowest BCUT2D eigenvalue weighted by Gasteiger charge is -2.23. The first-order valence-electron chi connectivity index (χ1n) is 8.89. The number of hydrogen-bond donors (Lipinski definition) is 2. The molecule has 140 valence electrons. The summed E-state index contributed by atoms with van der Waals surface area (Å²) < 4.78 is 5.44. The molecule has 0 aromatic heterocycles. The van der Waals surface area contributed by atoms with Gasteiger partial charge in [-0.05, 0) is 29.8 Å². The maximum atomic E-state index is 12.4. The number of esters is 1. The molecular formula is C24H20O4. The van der Waals surface area contributed by atoms with Crippen LogP contribution < -0.4 is 0 Å². The monoisotopic (exact) mass is 372 g/mol. The minimum Gasteiger partial charge on any atom is -0.443 e. The highest BCUT2D eigenvalue weighted by atomic mass is 16.6. The van der Waals surface area contributed by atoms with Crippen molar-refractivity contribution in [3.05, 3.63) is 108 Å². The first-order chi connectivity index (χ1) is 13.6. The Morgan fingerprint density at radius 3 is 1.93 bits per heavy atom. The molecule has 4 heteroatoms. The van der Waals surface area contributed by atoms with Gasteiger partial charge < -0.3 is 14.9 Å². The molecule has 0 unspecified atom stereocenters. The van der Waals surface area contributed by atoms with E-state index in [1.807, 2.05) is 36.4 Å². The predicted molar refractivity (Wildman–Crippen MR) is 106 cm³/mol. The SMILES string of the molecule is O=C(O[C@@H](C#Cc1ccccc1)[C@@H](O)[C@H](O)c1ccccc1)c1ccccc1. The van der Waals surface area contributed by atoms with Gasteiger partial charge in [-0.3, -0.25) is 0 Å². The molecule has 28 heavy (non-hydrogen) atoms. The lowest BCUT2D eigenvalue weighted by Crippen LogP contribution is -2.35. The number of aliphatic hydroxyl groups excluding tert-OH is 2. The number of carbonyl (C=O) groups is 1. The number of ether oxygens (including phenoxy) is 1. The number of aliphatic hydroxyl groups is 2. The first kappa shape index (κ1) is 19.4. The molecule has 4 nitrogen and oxygen atoms in total. The van der Waals surface area contributed by atoms with Gasteiger partial charge in [-0.25, -0.2) is 4.79 Å². The molecule has 2 N–H and O–H groups in total. The van der Waals surface area contributed by atoms with Crippen LogP contribution in [-0.4, -0.2) is 28.4 Å². The number of hydrogen-bond acceptors (Lipinski definition) is 4. The van der Waals surface area contributed by atoms with Crippen LogP contribution in [0.3, 0.4) is 0 Å². The third kappa shape index (κ3) is 5.08. The molecule has 0 heterocycles. The lowest BCUT2D eigenvalue weighted by atomic mass is 10.00. The van der Waals surface area contributed by atoms with Crippen LogP contribution in [0.4, 0.5) is 0 Å². The molecule has 3 aromatic rings. The summed E-state index contributed by atoms with van der Waals surface area (Å²) in [4.78, 5) is 12.4. The van der Waals surface area contributed by atoms with Gasteiger partial charge >= 0.3 is 5.97 Å². The summed E-state index contributed by atoms with van der Waals surface area (Å²) >= 11 is 0. The van der Waals surface area contributed by atoms with E-state index in [4.69, 9.17) is 4.74 Å². The summed E-state index contributed by atoms with van der Waals surface area (Å²) in [5.74, 6) is 5.06. The third-order valence-corrected chi connectivity index (χ3v) is 4.15. The Morgan fingerprint density at radius 1 is 0.786 bits per heavy atom. The standard InChI is InChI=1S/C24H20O4/c25-22(19-12-6-2-7-13-19)23(26)21(17-16-18-10-4-1-5-11-18)28-24(27)20-14-8-3-9-15-20/h1-15,21-23,25-26H/t21-,22+,23+/m0/s1. The van der Waals surface area contributed by atoms with E-state index in [-0.39, 0.29) is 0 Å². The first-order valence-corrected chi connectivity index (χ1v) is 8.89. The zero-order valence-electron chi connectivity index (χ0n) is 15.1. The Morgan fingerprint density at radius 2 is 1.32 bits per heavy atom. The predicted octanol–water partition coefficient (Wildman–Crippen LogP) is 3.36. The van der Waals surface area contributed by atoms with Crippen molar-refractivity contribution in [1.82, 2.24) is 0 Å². The Kier molecular flexibility index (Phi) is 6.59. The number of carbonyl (C=O) groups excluding carboxylic acids is 1. The van der Waals surface area contributed by atoms with E-state index in [1.165, 1.54) is 0 Å². The fraction of sp³-hybridized carbons (Fsp3) is 0.125. The van der Waals surface area contributed by atoms with E-state index in [2.05, 4.69) is 11.8 Å². The molecule has 0 aliphatic rings. The van der Waals surface area contributed by atoms with E-state index >= 15 is 0 Å². The summed E-state index contributed by atoms with van der Waals surface area (Å²) in [6, 6.07) is 26.3. The molecule has 3 aromatic carbocycles. The molecule has 0 aliphatic heterocycles. The van der Waals surface area contributed by atoms with Crippen LogP contribution in [0, 0.1) is 11.8 Å². The molecule has 0 bridgehead atoms. The van der Waals surface area contributed by atoms with Gasteiger partial charge in [-0.2, -0.15) is 0 Å². The molecule has 0 fully saturated rings. The fourth-order valence-electron chi connectivity index (χ4n) is 2.63. The van der Waals surface area contributed by atoms with Crippen molar-refractivity contribution >= 4 is 5.97 Å². The van der Waals surface area contributed by atoms with Crippen LogP contribution >= 0.6 is 0 Å². The maximum absolute atomic E-state index is 12.4. The summed E-state index contributed by atoms with van der Waals surface area (Å²) in [6.07, 6.45) is -3.87. The highest BCUT2D eigenvalue weighted by molar-refractivity contribution is 5.89. The van der Waals surface area contributed by atoms with Gasteiger partial charge in [0, 0.05) is 5.56 Å². The van der Waals surface area contributed by atoms with Crippen LogP contribution in [0.1, 0.15) is 27.6 Å². The second kappa shape index (κ2) is 9.52. The molecule has 0 radical (unpaired) electrons. The highest BCUT2D eigenvalue weighted by Crippen LogP contribution is 2.21. The summed E-state index contributed by atoms with van der Waals surface area (Å²) in [6.45, 7) is 0. The van der Waals surface area contributed by atoms with Crippen molar-refractivity contribution < 1.29 is 19.7 Å². The smallest absolute Gasteiger partial charge is 0.339 e. The summed E-state index contributed by atoms with van der Waals surface area (Å²) in [5, 5.41) is 21.2. The number of rotatable bonds is 5. The van der Waals surface area contributed by atoms with E-state index in [9.17, 15) is 15.0 Å². The topological polar surface area (TPSA) is 66.8 Å². The minimum atomic E-state index is -1.41. The second-order valence-corrected chi connectivity index (χ2v) is 6.17. The van der Waals surface area contributed by atoms with Gasteiger partial charge in [0.15, 0.2) is 6.10 Å². The molecular weight excluding hydrogens is 352 g/mol. The summed E-state index contributed by atoms with van der Waals surface area (Å²) in [5.41, 5.74) is 1.57. The summed E-state index contributed by atoms with van der Waals surface area (Å²) in [7, 11) is 0. The average Bonchev–Trinajstić information content (AvgIpc) is 2.77. The molecule has 0 spiro atoms. The van der Waals surface area contributed by atoms with Gasteiger partial charge in [0.05, 0.1) is 5.56 Å². The second-order valence-electron chi connectivity index (χ2n) is 6.17. The Balaban J connectivity index is 1.85. The quantitative estimate of drug-likeness (QED) is 0.532. The molecule has 0 amide bonds. The van der Waals surface area contributed by atoms with Gasteiger partial charge in [-0.15, -0.1) is 0 Å². The van der Waals surface area contributed by atoms with Crippen LogP contribution in [0.2, 0.25) is 0 Å². The molecule has 0 saturated heterocycles. The van der Waals surface area contributed by atoms with Gasteiger partial charge in [0.2, 0.25) is 0 Å². The van der Waals surface area contributed by atoms with Crippen molar-refractivity contribution in [1.29, 1.82) is 0 Å². The van der Waals surface area contributed by atoms with Crippen LogP contribution in [-0.2, 0) is 4.74 Å². The third-order valence-electron chi connectivity index (χ3n) is 4.15. The van der Waals surface area contributed by atoms with Crippen molar-refractivity contribution in [2.45, 2.75) is 18.3 Å². The lowest BCUT2D eigenvalue weighted by molar-refractivity contribution is -0.0515. The zero-order chi connectivity index (χ0) is 19.8. The van der Waals surface area contributed by atoms with Crippen molar-refractivity contribution in [2.75, 3.05) is 0 Å². The van der Waals surface area contributed by atoms with E-state index in [1.54, 1.807) is 54.6 Å². The van der Waals surface area contributed by atoms with Crippen LogP contribution in [0.5, 0.6) is 0 Å². The Bertz CT molecular complexity index is 943. The maximum Gasteiger partial charge on any atom is 0.339 e. The van der Waals surface area contributed by atoms with Crippen LogP contribution in [0.25, 0.3) is 0 Å².